The van der Waals surface area contributed by atoms with Crippen molar-refractivity contribution in [3.63, 3.8) is 0 Å². The van der Waals surface area contributed by atoms with Gasteiger partial charge in [-0.15, -0.1) is 6.58 Å². The summed E-state index contributed by atoms with van der Waals surface area (Å²) >= 11 is 3.25. The average Bonchev–Trinajstić information content (AvgIpc) is 2.67. The molecule has 0 aromatic heterocycles. The van der Waals surface area contributed by atoms with Gasteiger partial charge in [0.1, 0.15) is 11.7 Å². The molecule has 0 saturated carbocycles. The van der Waals surface area contributed by atoms with Gasteiger partial charge in [0, 0.05) is 0 Å². The molecule has 3 atom stereocenters. The average molecular weight is 347 g/mol. The van der Waals surface area contributed by atoms with E-state index in [-0.39, 0.29) is 0 Å². The number of halogens is 1. The zero-order chi connectivity index (χ0) is 15.5. The van der Waals surface area contributed by atoms with Gasteiger partial charge in [0.15, 0.2) is 5.60 Å². The third kappa shape index (κ3) is 3.30. The van der Waals surface area contributed by atoms with E-state index in [0.717, 1.165) is 0 Å². The standard InChI is InChI=1S/C14H19BrO5/c1-5-6-11(15)14(18,13(17)19-8(2)3)10-7-9(4)20-12(10)16/h5,7-8,10-11,18H,1,6H2,2-4H3/t10-,11-,14+/m1/s1. The molecule has 112 valence electrons. The zero-order valence-corrected chi connectivity index (χ0v) is 13.3. The van der Waals surface area contributed by atoms with Gasteiger partial charge in [0.2, 0.25) is 0 Å². The molecule has 0 bridgehead atoms. The van der Waals surface area contributed by atoms with Crippen molar-refractivity contribution in [2.45, 2.75) is 43.7 Å². The highest BCUT2D eigenvalue weighted by Gasteiger charge is 2.55. The van der Waals surface area contributed by atoms with Crippen LogP contribution >= 0.6 is 15.9 Å². The Morgan fingerprint density at radius 2 is 2.30 bits per heavy atom. The van der Waals surface area contributed by atoms with E-state index in [9.17, 15) is 14.7 Å². The fourth-order valence-corrected chi connectivity index (χ4v) is 2.69. The number of carbonyl (C=O) groups excluding carboxylic acids is 2. The first-order chi connectivity index (χ1) is 9.23. The number of carbonyl (C=O) groups is 2. The van der Waals surface area contributed by atoms with Crippen molar-refractivity contribution in [1.29, 1.82) is 0 Å². The molecule has 1 aliphatic rings. The van der Waals surface area contributed by atoms with Gasteiger partial charge in [-0.25, -0.2) is 4.79 Å². The number of esters is 2. The number of aliphatic hydroxyl groups is 1. The highest BCUT2D eigenvalue weighted by molar-refractivity contribution is 9.09. The molecule has 1 rings (SSSR count). The fourth-order valence-electron chi connectivity index (χ4n) is 1.95. The van der Waals surface area contributed by atoms with Crippen molar-refractivity contribution in [3.8, 4) is 0 Å². The summed E-state index contributed by atoms with van der Waals surface area (Å²) in [6.07, 6.45) is 2.87. The van der Waals surface area contributed by atoms with Crippen LogP contribution in [0, 0.1) is 5.92 Å². The first kappa shape index (κ1) is 16.9. The second-order valence-electron chi connectivity index (χ2n) is 4.95. The van der Waals surface area contributed by atoms with Gasteiger partial charge >= 0.3 is 11.9 Å². The minimum absolute atomic E-state index is 0.292. The Hall–Kier alpha value is -1.14. The quantitative estimate of drug-likeness (QED) is 0.453. The molecule has 0 aromatic rings. The van der Waals surface area contributed by atoms with Crippen LogP contribution in [0.1, 0.15) is 27.2 Å². The summed E-state index contributed by atoms with van der Waals surface area (Å²) in [6, 6.07) is 0. The highest BCUT2D eigenvalue weighted by atomic mass is 79.9. The van der Waals surface area contributed by atoms with Crippen molar-refractivity contribution in [3.05, 3.63) is 24.5 Å². The topological polar surface area (TPSA) is 72.8 Å². The minimum atomic E-state index is -2.03. The van der Waals surface area contributed by atoms with Gasteiger partial charge in [0.25, 0.3) is 0 Å². The summed E-state index contributed by atoms with van der Waals surface area (Å²) in [6.45, 7) is 8.50. The zero-order valence-electron chi connectivity index (χ0n) is 11.8. The molecule has 0 spiro atoms. The third-order valence-electron chi connectivity index (χ3n) is 2.91. The minimum Gasteiger partial charge on any atom is -0.461 e. The SMILES string of the molecule is C=CC[C@@H](Br)[C@](O)(C(=O)OC(C)C)[C@@H]1C=C(C)OC1=O. The molecule has 0 aliphatic carbocycles. The number of hydrogen-bond donors (Lipinski definition) is 1. The number of ether oxygens (including phenoxy) is 2. The maximum Gasteiger partial charge on any atom is 0.340 e. The van der Waals surface area contributed by atoms with E-state index in [0.29, 0.717) is 12.2 Å². The number of rotatable bonds is 6. The van der Waals surface area contributed by atoms with Crippen LogP contribution in [-0.2, 0) is 19.1 Å². The van der Waals surface area contributed by atoms with E-state index in [1.54, 1.807) is 26.8 Å². The van der Waals surface area contributed by atoms with Crippen LogP contribution in [0.25, 0.3) is 0 Å². The lowest BCUT2D eigenvalue weighted by atomic mass is 9.83. The predicted octanol–water partition coefficient (Wildman–Crippen LogP) is 2.09. The molecule has 1 aliphatic heterocycles. The highest BCUT2D eigenvalue weighted by Crippen LogP contribution is 2.36. The van der Waals surface area contributed by atoms with Gasteiger partial charge in [-0.05, 0) is 33.3 Å². The maximum absolute atomic E-state index is 12.3. The van der Waals surface area contributed by atoms with Crippen molar-refractivity contribution < 1.29 is 24.2 Å². The Morgan fingerprint density at radius 3 is 2.70 bits per heavy atom. The molecular weight excluding hydrogens is 328 g/mol. The number of cyclic esters (lactones) is 1. The molecule has 0 amide bonds. The van der Waals surface area contributed by atoms with Gasteiger partial charge in [0.05, 0.1) is 10.9 Å². The van der Waals surface area contributed by atoms with Crippen LogP contribution in [0.4, 0.5) is 0 Å². The van der Waals surface area contributed by atoms with E-state index in [1.165, 1.54) is 6.08 Å². The molecule has 5 nitrogen and oxygen atoms in total. The van der Waals surface area contributed by atoms with Crippen LogP contribution in [-0.4, -0.2) is 33.6 Å². The van der Waals surface area contributed by atoms with Crippen molar-refractivity contribution >= 4 is 27.9 Å². The third-order valence-corrected chi connectivity index (χ3v) is 3.98. The normalized spacial score (nSPS) is 22.8. The van der Waals surface area contributed by atoms with Crippen LogP contribution < -0.4 is 0 Å². The van der Waals surface area contributed by atoms with Gasteiger partial charge in [-0.3, -0.25) is 4.79 Å². The van der Waals surface area contributed by atoms with E-state index in [2.05, 4.69) is 22.5 Å². The summed E-state index contributed by atoms with van der Waals surface area (Å²) < 4.78 is 10.00. The summed E-state index contributed by atoms with van der Waals surface area (Å²) in [4.78, 5) is 23.4. The van der Waals surface area contributed by atoms with E-state index in [1.807, 2.05) is 0 Å². The van der Waals surface area contributed by atoms with Crippen LogP contribution in [0.2, 0.25) is 0 Å². The molecule has 20 heavy (non-hydrogen) atoms. The molecule has 0 aromatic carbocycles. The molecule has 1 heterocycles. The summed E-state index contributed by atoms with van der Waals surface area (Å²) in [5, 5.41) is 10.8. The largest absolute Gasteiger partial charge is 0.461 e. The van der Waals surface area contributed by atoms with Gasteiger partial charge < -0.3 is 14.6 Å². The molecule has 0 radical (unpaired) electrons. The lowest BCUT2D eigenvalue weighted by Gasteiger charge is -2.33. The second-order valence-corrected chi connectivity index (χ2v) is 6.05. The molecule has 0 fully saturated rings. The Labute approximate surface area is 126 Å². The molecule has 0 saturated heterocycles. The second kappa shape index (κ2) is 6.54. The van der Waals surface area contributed by atoms with Gasteiger partial charge in [-0.2, -0.15) is 0 Å². The smallest absolute Gasteiger partial charge is 0.340 e. The Kier molecular flexibility index (Phi) is 5.53. The fraction of sp³-hybridized carbons (Fsp3) is 0.571. The first-order valence-corrected chi connectivity index (χ1v) is 7.23. The van der Waals surface area contributed by atoms with Crippen LogP contribution in [0.15, 0.2) is 24.5 Å². The molecular formula is C14H19BrO5. The lowest BCUT2D eigenvalue weighted by molar-refractivity contribution is -0.178. The number of allylic oxidation sites excluding steroid dienone is 2. The first-order valence-electron chi connectivity index (χ1n) is 6.32. The predicted molar refractivity (Wildman–Crippen MR) is 77.0 cm³/mol. The van der Waals surface area contributed by atoms with Gasteiger partial charge in [-0.1, -0.05) is 22.0 Å². The monoisotopic (exact) mass is 346 g/mol. The number of hydrogen-bond acceptors (Lipinski definition) is 5. The Bertz CT molecular complexity index is 443. The van der Waals surface area contributed by atoms with Crippen LogP contribution in [0.5, 0.6) is 0 Å². The lowest BCUT2D eigenvalue weighted by Crippen LogP contribution is -2.55. The van der Waals surface area contributed by atoms with Crippen molar-refractivity contribution in [2.24, 2.45) is 5.92 Å². The Morgan fingerprint density at radius 1 is 1.70 bits per heavy atom. The van der Waals surface area contributed by atoms with Crippen molar-refractivity contribution in [2.75, 3.05) is 0 Å². The molecule has 6 heteroatoms. The van der Waals surface area contributed by atoms with Crippen molar-refractivity contribution in [1.82, 2.24) is 0 Å². The van der Waals surface area contributed by atoms with E-state index < -0.39 is 34.4 Å². The van der Waals surface area contributed by atoms with Crippen LogP contribution in [0.3, 0.4) is 0 Å². The maximum atomic E-state index is 12.3. The molecule has 0 unspecified atom stereocenters. The summed E-state index contributed by atoms with van der Waals surface area (Å²) in [7, 11) is 0. The molecule has 1 N–H and O–H groups in total. The summed E-state index contributed by atoms with van der Waals surface area (Å²) in [5.41, 5.74) is -2.03. The number of alkyl halides is 1. The summed E-state index contributed by atoms with van der Waals surface area (Å²) in [5.74, 6) is -2.27. The Balaban J connectivity index is 3.16. The van der Waals surface area contributed by atoms with E-state index in [4.69, 9.17) is 9.47 Å². The van der Waals surface area contributed by atoms with E-state index >= 15 is 0 Å².